The fourth-order valence-corrected chi connectivity index (χ4v) is 2.42. The molecular weight excluding hydrogens is 323 g/mol. The van der Waals surface area contributed by atoms with Crippen LogP contribution in [0.15, 0.2) is 42.5 Å². The number of amides is 1. The Morgan fingerprint density at radius 1 is 1.16 bits per heavy atom. The Balaban J connectivity index is 1.87. The van der Waals surface area contributed by atoms with Crippen molar-refractivity contribution >= 4 is 11.6 Å². The number of hydrogen-bond donors (Lipinski definition) is 1. The molecule has 2 rings (SSSR count). The molecule has 0 unspecified atom stereocenters. The van der Waals surface area contributed by atoms with Gasteiger partial charge in [-0.1, -0.05) is 18.2 Å². The van der Waals surface area contributed by atoms with Crippen molar-refractivity contribution in [3.05, 3.63) is 53.8 Å². The van der Waals surface area contributed by atoms with Crippen LogP contribution in [0.5, 0.6) is 11.5 Å². The van der Waals surface area contributed by atoms with Crippen LogP contribution in [0.25, 0.3) is 0 Å². The molecule has 1 amide bonds. The summed E-state index contributed by atoms with van der Waals surface area (Å²) in [5, 5.41) is 2.59. The van der Waals surface area contributed by atoms with Crippen LogP contribution in [0, 0.1) is 5.82 Å². The lowest BCUT2D eigenvalue weighted by Crippen LogP contribution is -2.24. The molecule has 0 fully saturated rings. The number of benzene rings is 2. The first-order valence-corrected chi connectivity index (χ1v) is 7.97. The van der Waals surface area contributed by atoms with Crippen LogP contribution in [0.1, 0.15) is 12.0 Å². The van der Waals surface area contributed by atoms with E-state index in [2.05, 4.69) is 5.32 Å². The lowest BCUT2D eigenvalue weighted by atomic mass is 10.1. The van der Waals surface area contributed by atoms with Crippen molar-refractivity contribution in [2.45, 2.75) is 13.0 Å². The highest BCUT2D eigenvalue weighted by molar-refractivity contribution is 5.90. The first-order chi connectivity index (χ1) is 12.0. The summed E-state index contributed by atoms with van der Waals surface area (Å²) >= 11 is 0. The second kappa shape index (κ2) is 9.03. The van der Waals surface area contributed by atoms with E-state index in [4.69, 9.17) is 9.47 Å². The first kappa shape index (κ1) is 18.7. The molecule has 2 aromatic carbocycles. The van der Waals surface area contributed by atoms with Gasteiger partial charge in [-0.05, 0) is 25.2 Å². The van der Waals surface area contributed by atoms with E-state index in [0.717, 1.165) is 17.1 Å². The highest BCUT2D eigenvalue weighted by Gasteiger charge is 2.11. The Morgan fingerprint density at radius 3 is 2.60 bits per heavy atom. The van der Waals surface area contributed by atoms with Crippen molar-refractivity contribution in [1.29, 1.82) is 0 Å². The van der Waals surface area contributed by atoms with Gasteiger partial charge in [0.05, 0.1) is 19.9 Å². The Bertz CT molecular complexity index is 722. The van der Waals surface area contributed by atoms with Gasteiger partial charge in [0.15, 0.2) is 0 Å². The molecule has 0 aliphatic heterocycles. The third-order valence-electron chi connectivity index (χ3n) is 3.80. The second-order valence-corrected chi connectivity index (χ2v) is 5.69. The average molecular weight is 346 g/mol. The molecule has 1 N–H and O–H groups in total. The van der Waals surface area contributed by atoms with Gasteiger partial charge in [-0.15, -0.1) is 0 Å². The fraction of sp³-hybridized carbons (Fsp3) is 0.316. The second-order valence-electron chi connectivity index (χ2n) is 5.69. The summed E-state index contributed by atoms with van der Waals surface area (Å²) < 4.78 is 24.1. The van der Waals surface area contributed by atoms with Gasteiger partial charge >= 0.3 is 0 Å². The highest BCUT2D eigenvalue weighted by Crippen LogP contribution is 2.25. The summed E-state index contributed by atoms with van der Waals surface area (Å²) in [6.07, 6.45) is 0.267. The van der Waals surface area contributed by atoms with Gasteiger partial charge in [0, 0.05) is 31.1 Å². The molecule has 5 nitrogen and oxygen atoms in total. The maximum Gasteiger partial charge on any atom is 0.225 e. The summed E-state index contributed by atoms with van der Waals surface area (Å²) in [5.74, 6) is 0.806. The molecule has 0 atom stereocenters. The van der Waals surface area contributed by atoms with Crippen molar-refractivity contribution in [2.75, 3.05) is 33.1 Å². The molecule has 6 heteroatoms. The number of halogens is 1. The molecule has 0 heterocycles. The average Bonchev–Trinajstić information content (AvgIpc) is 2.62. The van der Waals surface area contributed by atoms with E-state index in [0.29, 0.717) is 13.1 Å². The number of para-hydroxylation sites is 1. The van der Waals surface area contributed by atoms with E-state index in [-0.39, 0.29) is 18.0 Å². The van der Waals surface area contributed by atoms with E-state index in [9.17, 15) is 9.18 Å². The SMILES string of the molecule is COc1ccc(CN(C)CCC(=O)Nc2ccccc2F)c(OC)c1. The van der Waals surface area contributed by atoms with Crippen LogP contribution in [0.2, 0.25) is 0 Å². The molecule has 0 radical (unpaired) electrons. The van der Waals surface area contributed by atoms with Crippen molar-refractivity contribution in [2.24, 2.45) is 0 Å². The van der Waals surface area contributed by atoms with Gasteiger partial charge < -0.3 is 19.7 Å². The van der Waals surface area contributed by atoms with Gasteiger partial charge in [-0.25, -0.2) is 4.39 Å². The molecule has 134 valence electrons. The van der Waals surface area contributed by atoms with Crippen LogP contribution >= 0.6 is 0 Å². The third-order valence-corrected chi connectivity index (χ3v) is 3.80. The van der Waals surface area contributed by atoms with Crippen molar-refractivity contribution in [3.8, 4) is 11.5 Å². The Kier molecular flexibility index (Phi) is 6.77. The number of carbonyl (C=O) groups is 1. The quantitative estimate of drug-likeness (QED) is 0.797. The molecule has 0 saturated heterocycles. The summed E-state index contributed by atoms with van der Waals surface area (Å²) in [7, 11) is 5.13. The zero-order valence-corrected chi connectivity index (χ0v) is 14.7. The summed E-state index contributed by atoms with van der Waals surface area (Å²) in [4.78, 5) is 14.0. The summed E-state index contributed by atoms with van der Waals surface area (Å²) in [5.41, 5.74) is 1.20. The molecule has 25 heavy (non-hydrogen) atoms. The minimum absolute atomic E-state index is 0.201. The Morgan fingerprint density at radius 2 is 1.92 bits per heavy atom. The molecule has 0 spiro atoms. The van der Waals surface area contributed by atoms with E-state index < -0.39 is 5.82 Å². The maximum absolute atomic E-state index is 13.5. The third kappa shape index (κ3) is 5.46. The van der Waals surface area contributed by atoms with E-state index >= 15 is 0 Å². The topological polar surface area (TPSA) is 50.8 Å². The lowest BCUT2D eigenvalue weighted by molar-refractivity contribution is -0.116. The number of nitrogens with zero attached hydrogens (tertiary/aromatic N) is 1. The number of ether oxygens (including phenoxy) is 2. The fourth-order valence-electron chi connectivity index (χ4n) is 2.42. The Hall–Kier alpha value is -2.60. The highest BCUT2D eigenvalue weighted by atomic mass is 19.1. The van der Waals surface area contributed by atoms with E-state index in [1.54, 1.807) is 32.4 Å². The molecule has 0 aliphatic carbocycles. The number of nitrogens with one attached hydrogen (secondary N) is 1. The smallest absolute Gasteiger partial charge is 0.225 e. The molecule has 2 aromatic rings. The normalized spacial score (nSPS) is 10.6. The van der Waals surface area contributed by atoms with Gasteiger partial charge in [-0.3, -0.25) is 4.79 Å². The number of carbonyl (C=O) groups excluding carboxylic acids is 1. The molecule has 0 aromatic heterocycles. The standard InChI is InChI=1S/C19H23FN2O3/c1-22(13-14-8-9-15(24-2)12-18(14)25-3)11-10-19(23)21-17-7-5-4-6-16(17)20/h4-9,12H,10-11,13H2,1-3H3,(H,21,23). The number of hydrogen-bond acceptors (Lipinski definition) is 4. The predicted octanol–water partition coefficient (Wildman–Crippen LogP) is 3.30. The van der Waals surface area contributed by atoms with E-state index in [1.165, 1.54) is 6.07 Å². The minimum atomic E-state index is -0.438. The van der Waals surface area contributed by atoms with Gasteiger partial charge in [0.1, 0.15) is 17.3 Å². The van der Waals surface area contributed by atoms with Gasteiger partial charge in [0.25, 0.3) is 0 Å². The Labute approximate surface area is 147 Å². The monoisotopic (exact) mass is 346 g/mol. The van der Waals surface area contributed by atoms with Gasteiger partial charge in [-0.2, -0.15) is 0 Å². The maximum atomic E-state index is 13.5. The molecule has 0 bridgehead atoms. The van der Waals surface area contributed by atoms with Crippen LogP contribution in [-0.4, -0.2) is 38.6 Å². The summed E-state index contributed by atoms with van der Waals surface area (Å²) in [6, 6.07) is 11.8. The number of anilines is 1. The predicted molar refractivity (Wildman–Crippen MR) is 95.5 cm³/mol. The van der Waals surface area contributed by atoms with Crippen molar-refractivity contribution in [1.82, 2.24) is 4.90 Å². The summed E-state index contributed by atoms with van der Waals surface area (Å²) in [6.45, 7) is 1.16. The molecular formula is C19H23FN2O3. The largest absolute Gasteiger partial charge is 0.497 e. The molecule has 0 aliphatic rings. The van der Waals surface area contributed by atoms with Gasteiger partial charge in [0.2, 0.25) is 5.91 Å². The first-order valence-electron chi connectivity index (χ1n) is 7.97. The van der Waals surface area contributed by atoms with Crippen molar-refractivity contribution in [3.63, 3.8) is 0 Å². The van der Waals surface area contributed by atoms with Crippen LogP contribution in [0.4, 0.5) is 10.1 Å². The zero-order valence-electron chi connectivity index (χ0n) is 14.7. The van der Waals surface area contributed by atoms with Crippen molar-refractivity contribution < 1.29 is 18.7 Å². The zero-order chi connectivity index (χ0) is 18.2. The lowest BCUT2D eigenvalue weighted by Gasteiger charge is -2.18. The molecule has 0 saturated carbocycles. The van der Waals surface area contributed by atoms with Crippen LogP contribution < -0.4 is 14.8 Å². The van der Waals surface area contributed by atoms with Crippen LogP contribution in [-0.2, 0) is 11.3 Å². The minimum Gasteiger partial charge on any atom is -0.497 e. The van der Waals surface area contributed by atoms with E-state index in [1.807, 2.05) is 30.1 Å². The number of rotatable bonds is 8. The number of methoxy groups -OCH3 is 2. The van der Waals surface area contributed by atoms with Crippen LogP contribution in [0.3, 0.4) is 0 Å².